The van der Waals surface area contributed by atoms with Gasteiger partial charge in [-0.15, -0.1) is 0 Å². The predicted octanol–water partition coefficient (Wildman–Crippen LogP) is 6.16. The Labute approximate surface area is 250 Å². The fourth-order valence-corrected chi connectivity index (χ4v) is 4.65. The van der Waals surface area contributed by atoms with E-state index in [4.69, 9.17) is 4.74 Å². The molecule has 0 aliphatic heterocycles. The molecule has 0 saturated heterocycles. The first kappa shape index (κ1) is 29.3. The molecule has 0 aliphatic carbocycles. The van der Waals surface area contributed by atoms with Crippen LogP contribution >= 0.6 is 0 Å². The number of anilines is 1. The molecule has 9 nitrogen and oxygen atoms in total. The van der Waals surface area contributed by atoms with Crippen LogP contribution in [0.15, 0.2) is 67.0 Å². The van der Waals surface area contributed by atoms with E-state index in [-0.39, 0.29) is 0 Å². The van der Waals surface area contributed by atoms with E-state index >= 15 is 0 Å². The van der Waals surface area contributed by atoms with Gasteiger partial charge in [0.1, 0.15) is 28.8 Å². The number of nitrogens with zero attached hydrogens (tertiary/aromatic N) is 5. The fraction of sp³-hybridized carbons (Fsp3) is 0.265. The van der Waals surface area contributed by atoms with Crippen LogP contribution in [0.4, 0.5) is 10.6 Å². The van der Waals surface area contributed by atoms with Crippen LogP contribution in [0.1, 0.15) is 50.3 Å². The van der Waals surface area contributed by atoms with E-state index in [9.17, 15) is 9.59 Å². The van der Waals surface area contributed by atoms with E-state index in [0.29, 0.717) is 11.5 Å². The van der Waals surface area contributed by atoms with Crippen molar-refractivity contribution in [3.63, 3.8) is 0 Å². The van der Waals surface area contributed by atoms with Crippen molar-refractivity contribution in [2.75, 3.05) is 12.4 Å². The Balaban J connectivity index is 1.51. The maximum atomic E-state index is 13.3. The first-order chi connectivity index (χ1) is 20.4. The number of hydrogen-bond donors (Lipinski definition) is 1. The van der Waals surface area contributed by atoms with Crippen LogP contribution in [0.25, 0.3) is 27.7 Å². The van der Waals surface area contributed by atoms with Gasteiger partial charge in [0.25, 0.3) is 0 Å². The number of hydrogen-bond acceptors (Lipinski definition) is 6. The average Bonchev–Trinajstić information content (AvgIpc) is 3.40. The van der Waals surface area contributed by atoms with Crippen LogP contribution in [0.2, 0.25) is 0 Å². The Bertz CT molecular complexity index is 1930. The SMILES string of the molecule is Cc1nccc2cc(C#Cc3cc(-c4cnc5cccc(C)n45)cc(NC(=O)C(C)N(C)C(=O)OC(C)(C)C)n3)ccc12. The molecule has 43 heavy (non-hydrogen) atoms. The highest BCUT2D eigenvalue weighted by molar-refractivity contribution is 5.96. The van der Waals surface area contributed by atoms with E-state index in [1.54, 1.807) is 46.2 Å². The standard InChI is InChI=1S/C34H34N6O3/c1-21-9-8-10-31-36-20-29(40(21)31)26-18-27(13-11-24-12-14-28-22(2)35-16-15-25(28)17-24)37-30(19-26)38-32(41)23(3)39(7)33(42)43-34(4,5)6/h8-10,12,14-20,23H,1-7H3,(H,37,38,41). The van der Waals surface area contributed by atoms with Crippen molar-refractivity contribution in [1.29, 1.82) is 0 Å². The van der Waals surface area contributed by atoms with Crippen LogP contribution in [0.3, 0.4) is 0 Å². The molecule has 1 N–H and O–H groups in total. The van der Waals surface area contributed by atoms with Gasteiger partial charge in [-0.2, -0.15) is 0 Å². The molecule has 218 valence electrons. The van der Waals surface area contributed by atoms with Gasteiger partial charge in [-0.1, -0.05) is 18.1 Å². The molecule has 1 unspecified atom stereocenters. The lowest BCUT2D eigenvalue weighted by Gasteiger charge is -2.28. The second kappa shape index (κ2) is 11.6. The molecule has 4 heterocycles. The van der Waals surface area contributed by atoms with Gasteiger partial charge in [-0.25, -0.2) is 14.8 Å². The number of imidazole rings is 1. The summed E-state index contributed by atoms with van der Waals surface area (Å²) in [5.41, 5.74) is 5.00. The van der Waals surface area contributed by atoms with E-state index in [2.05, 4.69) is 32.1 Å². The number of amides is 2. The van der Waals surface area contributed by atoms with Gasteiger partial charge in [0, 0.05) is 41.1 Å². The number of pyridine rings is 3. The maximum absolute atomic E-state index is 13.3. The van der Waals surface area contributed by atoms with Crippen molar-refractivity contribution < 1.29 is 14.3 Å². The normalized spacial score (nSPS) is 12.0. The molecule has 5 aromatic rings. The van der Waals surface area contributed by atoms with Gasteiger partial charge in [0.15, 0.2) is 0 Å². The summed E-state index contributed by atoms with van der Waals surface area (Å²) in [6, 6.07) is 16.7. The van der Waals surface area contributed by atoms with Crippen LogP contribution in [-0.4, -0.2) is 54.9 Å². The minimum atomic E-state index is -0.816. The van der Waals surface area contributed by atoms with Crippen molar-refractivity contribution in [2.24, 2.45) is 0 Å². The highest BCUT2D eigenvalue weighted by Gasteiger charge is 2.27. The highest BCUT2D eigenvalue weighted by Crippen LogP contribution is 2.26. The molecule has 1 atom stereocenters. The summed E-state index contributed by atoms with van der Waals surface area (Å²) in [6.45, 7) is 11.0. The number of benzene rings is 1. The van der Waals surface area contributed by atoms with E-state index in [0.717, 1.165) is 44.6 Å². The summed E-state index contributed by atoms with van der Waals surface area (Å²) in [5, 5.41) is 5.00. The Kier molecular flexibility index (Phi) is 7.87. The minimum Gasteiger partial charge on any atom is -0.444 e. The molecule has 2 amide bonds. The lowest BCUT2D eigenvalue weighted by molar-refractivity contribution is -0.120. The quantitative estimate of drug-likeness (QED) is 0.258. The van der Waals surface area contributed by atoms with Crippen molar-refractivity contribution in [3.05, 3.63) is 89.6 Å². The Morgan fingerprint density at radius 3 is 2.58 bits per heavy atom. The Hall–Kier alpha value is -5.23. The van der Waals surface area contributed by atoms with E-state index in [1.165, 1.54) is 11.9 Å². The zero-order valence-corrected chi connectivity index (χ0v) is 25.4. The number of nitrogens with one attached hydrogen (secondary N) is 1. The number of ether oxygens (including phenoxy) is 1. The number of likely N-dealkylation sites (N-methyl/N-ethyl adjacent to an activating group) is 1. The number of fused-ring (bicyclic) bond motifs is 2. The van der Waals surface area contributed by atoms with Gasteiger partial charge in [0.2, 0.25) is 5.91 Å². The summed E-state index contributed by atoms with van der Waals surface area (Å²) in [7, 11) is 1.53. The topological polar surface area (TPSA) is 102 Å². The van der Waals surface area contributed by atoms with Gasteiger partial charge >= 0.3 is 6.09 Å². The third-order valence-electron chi connectivity index (χ3n) is 7.04. The minimum absolute atomic E-state index is 0.306. The summed E-state index contributed by atoms with van der Waals surface area (Å²) < 4.78 is 7.47. The van der Waals surface area contributed by atoms with Crippen molar-refractivity contribution in [2.45, 2.75) is 53.2 Å². The van der Waals surface area contributed by atoms with Crippen LogP contribution in [0, 0.1) is 25.7 Å². The Morgan fingerprint density at radius 2 is 1.81 bits per heavy atom. The van der Waals surface area contributed by atoms with Gasteiger partial charge in [0.05, 0.1) is 11.9 Å². The first-order valence-electron chi connectivity index (χ1n) is 14.0. The maximum Gasteiger partial charge on any atom is 0.410 e. The zero-order valence-electron chi connectivity index (χ0n) is 25.4. The summed E-state index contributed by atoms with van der Waals surface area (Å²) in [4.78, 5) is 40.7. The molecule has 0 aliphatic rings. The molecule has 4 aromatic heterocycles. The Morgan fingerprint density at radius 1 is 1.02 bits per heavy atom. The smallest absolute Gasteiger partial charge is 0.410 e. The molecule has 0 fully saturated rings. The average molecular weight is 575 g/mol. The van der Waals surface area contributed by atoms with Crippen LogP contribution < -0.4 is 5.32 Å². The summed E-state index contributed by atoms with van der Waals surface area (Å²) >= 11 is 0. The lowest BCUT2D eigenvalue weighted by atomic mass is 10.1. The molecule has 0 bridgehead atoms. The van der Waals surface area contributed by atoms with Crippen molar-refractivity contribution >= 4 is 34.2 Å². The molecule has 1 aromatic carbocycles. The van der Waals surface area contributed by atoms with E-state index in [1.807, 2.05) is 66.8 Å². The van der Waals surface area contributed by atoms with Crippen LogP contribution in [-0.2, 0) is 9.53 Å². The lowest BCUT2D eigenvalue weighted by Crippen LogP contribution is -2.45. The molecular weight excluding hydrogens is 540 g/mol. The molecule has 0 saturated carbocycles. The largest absolute Gasteiger partial charge is 0.444 e. The number of carbonyl (C=O) groups excluding carboxylic acids is 2. The first-order valence-corrected chi connectivity index (χ1v) is 14.0. The van der Waals surface area contributed by atoms with E-state index < -0.39 is 23.6 Å². The number of rotatable bonds is 4. The van der Waals surface area contributed by atoms with Gasteiger partial charge < -0.3 is 10.1 Å². The van der Waals surface area contributed by atoms with Crippen molar-refractivity contribution in [3.8, 4) is 23.1 Å². The number of aryl methyl sites for hydroxylation is 2. The van der Waals surface area contributed by atoms with Gasteiger partial charge in [-0.3, -0.25) is 19.1 Å². The monoisotopic (exact) mass is 574 g/mol. The third kappa shape index (κ3) is 6.49. The summed E-state index contributed by atoms with van der Waals surface area (Å²) in [5.74, 6) is 6.28. The third-order valence-corrected chi connectivity index (χ3v) is 7.04. The molecule has 0 spiro atoms. The van der Waals surface area contributed by atoms with Crippen LogP contribution in [0.5, 0.6) is 0 Å². The summed E-state index contributed by atoms with van der Waals surface area (Å²) in [6.07, 6.45) is 2.98. The van der Waals surface area contributed by atoms with Gasteiger partial charge in [-0.05, 0) is 95.3 Å². The fourth-order valence-electron chi connectivity index (χ4n) is 4.65. The molecule has 5 rings (SSSR count). The van der Waals surface area contributed by atoms with Crippen molar-refractivity contribution in [1.82, 2.24) is 24.3 Å². The second-order valence-electron chi connectivity index (χ2n) is 11.5. The molecule has 0 radical (unpaired) electrons. The highest BCUT2D eigenvalue weighted by atomic mass is 16.6. The molecular formula is C34H34N6O3. The zero-order chi connectivity index (χ0) is 30.9. The number of aromatic nitrogens is 4. The second-order valence-corrected chi connectivity index (χ2v) is 11.5. The number of carbonyl (C=O) groups is 2. The molecule has 9 heteroatoms. The predicted molar refractivity (Wildman–Crippen MR) is 168 cm³/mol.